The fourth-order valence-corrected chi connectivity index (χ4v) is 2.50. The van der Waals surface area contributed by atoms with E-state index in [-0.39, 0.29) is 0 Å². The summed E-state index contributed by atoms with van der Waals surface area (Å²) in [7, 11) is 0. The molecule has 0 aliphatic carbocycles. The van der Waals surface area contributed by atoms with Crippen LogP contribution in [-0.4, -0.2) is 16.7 Å². The molecule has 0 aliphatic heterocycles. The van der Waals surface area contributed by atoms with Gasteiger partial charge in [-0.15, -0.1) is 0 Å². The van der Waals surface area contributed by atoms with Gasteiger partial charge in [-0.3, -0.25) is 0 Å². The van der Waals surface area contributed by atoms with Crippen molar-refractivity contribution in [2.75, 3.05) is 0 Å². The molecule has 110 valence electrons. The van der Waals surface area contributed by atoms with Crippen molar-refractivity contribution in [3.63, 3.8) is 0 Å². The fraction of sp³-hybridized carbons (Fsp3) is 0.188. The smallest absolute Gasteiger partial charge is 0.347 e. The molecule has 21 heavy (non-hydrogen) atoms. The molecule has 0 saturated carbocycles. The highest BCUT2D eigenvalue weighted by atomic mass is 35.5. The van der Waals surface area contributed by atoms with Crippen LogP contribution in [0, 0.1) is 0 Å². The number of carbonyl (C=O) groups is 1. The van der Waals surface area contributed by atoms with Gasteiger partial charge >= 0.3 is 5.97 Å². The molecule has 0 unspecified atom stereocenters. The summed E-state index contributed by atoms with van der Waals surface area (Å²) in [4.78, 5) is 13.1. The number of halogens is 1. The summed E-state index contributed by atoms with van der Waals surface area (Å²) >= 11 is 7.45. The minimum Gasteiger partial charge on any atom is -0.478 e. The molecule has 0 aromatic heterocycles. The fourth-order valence-electron chi connectivity index (χ4n) is 1.55. The van der Waals surface area contributed by atoms with Gasteiger partial charge in [0.25, 0.3) is 0 Å². The quantitative estimate of drug-likeness (QED) is 0.864. The Kier molecular flexibility index (Phi) is 4.80. The predicted molar refractivity (Wildman–Crippen MR) is 84.4 cm³/mol. The van der Waals surface area contributed by atoms with Gasteiger partial charge in [-0.2, -0.15) is 0 Å². The van der Waals surface area contributed by atoms with Gasteiger partial charge in [0, 0.05) is 14.8 Å². The minimum absolute atomic E-state index is 0.530. The monoisotopic (exact) mass is 322 g/mol. The number of rotatable bonds is 5. The van der Waals surface area contributed by atoms with Crippen LogP contribution >= 0.6 is 23.4 Å². The van der Waals surface area contributed by atoms with Crippen LogP contribution in [0.15, 0.2) is 58.3 Å². The standard InChI is InChI=1S/C16H15ClO3S/c1-16(2,15(18)19)20-12-5-9-14(10-6-12)21-13-7-3-11(17)4-8-13/h3-10H,1-2H3,(H,18,19). The first kappa shape index (κ1) is 15.7. The van der Waals surface area contributed by atoms with Crippen LogP contribution in [0.3, 0.4) is 0 Å². The molecule has 1 N–H and O–H groups in total. The lowest BCUT2D eigenvalue weighted by Crippen LogP contribution is -2.37. The highest BCUT2D eigenvalue weighted by Gasteiger charge is 2.29. The van der Waals surface area contributed by atoms with Crippen LogP contribution in [0.5, 0.6) is 5.75 Å². The largest absolute Gasteiger partial charge is 0.478 e. The molecule has 0 amide bonds. The number of benzene rings is 2. The summed E-state index contributed by atoms with van der Waals surface area (Å²) in [5.41, 5.74) is -1.25. The van der Waals surface area contributed by atoms with E-state index in [1.165, 1.54) is 13.8 Å². The zero-order valence-corrected chi connectivity index (χ0v) is 13.2. The molecular formula is C16H15ClO3S. The number of carboxylic acid groups (broad SMARTS) is 1. The molecule has 2 aromatic rings. The topological polar surface area (TPSA) is 46.5 Å². The third kappa shape index (κ3) is 4.41. The van der Waals surface area contributed by atoms with Crippen molar-refractivity contribution >= 4 is 29.3 Å². The Morgan fingerprint density at radius 1 is 1.05 bits per heavy atom. The Morgan fingerprint density at radius 2 is 1.52 bits per heavy atom. The molecule has 2 rings (SSSR count). The van der Waals surface area contributed by atoms with Gasteiger partial charge in [-0.05, 0) is 62.4 Å². The average Bonchev–Trinajstić information content (AvgIpc) is 2.43. The highest BCUT2D eigenvalue weighted by Crippen LogP contribution is 2.30. The molecule has 0 radical (unpaired) electrons. The normalized spacial score (nSPS) is 11.2. The number of carboxylic acids is 1. The van der Waals surface area contributed by atoms with E-state index < -0.39 is 11.6 Å². The second-order valence-corrected chi connectivity index (χ2v) is 6.53. The SMILES string of the molecule is CC(C)(Oc1ccc(Sc2ccc(Cl)cc2)cc1)C(=O)O. The Morgan fingerprint density at radius 3 is 2.00 bits per heavy atom. The molecule has 0 bridgehead atoms. The van der Waals surface area contributed by atoms with E-state index in [9.17, 15) is 4.79 Å². The van der Waals surface area contributed by atoms with Crippen molar-refractivity contribution < 1.29 is 14.6 Å². The molecule has 0 atom stereocenters. The summed E-state index contributed by atoms with van der Waals surface area (Å²) in [6.07, 6.45) is 0. The van der Waals surface area contributed by atoms with Crippen molar-refractivity contribution in [1.82, 2.24) is 0 Å². The van der Waals surface area contributed by atoms with Crippen molar-refractivity contribution in [3.8, 4) is 5.75 Å². The molecule has 0 spiro atoms. The number of hydrogen-bond donors (Lipinski definition) is 1. The van der Waals surface area contributed by atoms with Gasteiger partial charge in [0.2, 0.25) is 0 Å². The number of aliphatic carboxylic acids is 1. The maximum atomic E-state index is 11.0. The third-order valence-electron chi connectivity index (χ3n) is 2.76. The molecule has 3 nitrogen and oxygen atoms in total. The maximum Gasteiger partial charge on any atom is 0.347 e. The summed E-state index contributed by atoms with van der Waals surface area (Å²) in [5, 5.41) is 9.74. The van der Waals surface area contributed by atoms with Crippen LogP contribution in [0.2, 0.25) is 5.02 Å². The predicted octanol–water partition coefficient (Wildman–Crippen LogP) is 4.73. The van der Waals surface area contributed by atoms with Gasteiger partial charge in [-0.25, -0.2) is 4.79 Å². The minimum atomic E-state index is -1.25. The highest BCUT2D eigenvalue weighted by molar-refractivity contribution is 7.99. The Labute approximate surface area is 132 Å². The molecule has 0 aliphatic rings. The average molecular weight is 323 g/mol. The zero-order valence-electron chi connectivity index (χ0n) is 11.7. The Bertz CT molecular complexity index is 621. The van der Waals surface area contributed by atoms with E-state index >= 15 is 0 Å². The summed E-state index contributed by atoms with van der Waals surface area (Å²) < 4.78 is 5.46. The van der Waals surface area contributed by atoms with Crippen LogP contribution in [-0.2, 0) is 4.79 Å². The number of hydrogen-bond acceptors (Lipinski definition) is 3. The molecule has 5 heteroatoms. The lowest BCUT2D eigenvalue weighted by molar-refractivity contribution is -0.152. The summed E-state index contributed by atoms with van der Waals surface area (Å²) in [6, 6.07) is 14.9. The van der Waals surface area contributed by atoms with Crippen LogP contribution in [0.4, 0.5) is 0 Å². The number of ether oxygens (including phenoxy) is 1. The van der Waals surface area contributed by atoms with Gasteiger partial charge in [0.05, 0.1) is 0 Å². The first-order valence-corrected chi connectivity index (χ1v) is 7.52. The van der Waals surface area contributed by atoms with Gasteiger partial charge < -0.3 is 9.84 Å². The third-order valence-corrected chi connectivity index (χ3v) is 4.03. The van der Waals surface area contributed by atoms with Crippen LogP contribution in [0.25, 0.3) is 0 Å². The van der Waals surface area contributed by atoms with Gasteiger partial charge in [-0.1, -0.05) is 23.4 Å². The lowest BCUT2D eigenvalue weighted by atomic mass is 10.1. The van der Waals surface area contributed by atoms with Gasteiger partial charge in [0.15, 0.2) is 5.60 Å². The molecule has 2 aromatic carbocycles. The van der Waals surface area contributed by atoms with Crippen LogP contribution in [0.1, 0.15) is 13.8 Å². The molecular weight excluding hydrogens is 308 g/mol. The second-order valence-electron chi connectivity index (χ2n) is 4.94. The Balaban J connectivity index is 2.05. The van der Waals surface area contributed by atoms with Crippen LogP contribution < -0.4 is 4.74 Å². The van der Waals surface area contributed by atoms with Crippen molar-refractivity contribution in [2.45, 2.75) is 29.2 Å². The second kappa shape index (κ2) is 6.41. The van der Waals surface area contributed by atoms with E-state index in [0.717, 1.165) is 9.79 Å². The molecule has 0 heterocycles. The van der Waals surface area contributed by atoms with Crippen molar-refractivity contribution in [2.24, 2.45) is 0 Å². The first-order chi connectivity index (χ1) is 9.87. The zero-order chi connectivity index (χ0) is 15.5. The lowest BCUT2D eigenvalue weighted by Gasteiger charge is -2.21. The van der Waals surface area contributed by atoms with E-state index in [4.69, 9.17) is 21.4 Å². The van der Waals surface area contributed by atoms with Crippen molar-refractivity contribution in [1.29, 1.82) is 0 Å². The molecule has 0 fully saturated rings. The summed E-state index contributed by atoms with van der Waals surface area (Å²) in [6.45, 7) is 3.04. The Hall–Kier alpha value is -1.65. The molecule has 0 saturated heterocycles. The maximum absolute atomic E-state index is 11.0. The van der Waals surface area contributed by atoms with Crippen molar-refractivity contribution in [3.05, 3.63) is 53.6 Å². The first-order valence-electron chi connectivity index (χ1n) is 6.33. The van der Waals surface area contributed by atoms with Gasteiger partial charge in [0.1, 0.15) is 5.75 Å². The van der Waals surface area contributed by atoms with E-state index in [1.54, 1.807) is 23.9 Å². The van der Waals surface area contributed by atoms with E-state index in [0.29, 0.717) is 10.8 Å². The van der Waals surface area contributed by atoms with E-state index in [2.05, 4.69) is 0 Å². The summed E-state index contributed by atoms with van der Waals surface area (Å²) in [5.74, 6) is -0.468. The van der Waals surface area contributed by atoms with E-state index in [1.807, 2.05) is 36.4 Å².